The molecule has 0 fully saturated rings. The number of nitrogens with one attached hydrogen (secondary N) is 1. The number of rotatable bonds is 8. The van der Waals surface area contributed by atoms with Gasteiger partial charge in [-0.25, -0.2) is 13.6 Å². The van der Waals surface area contributed by atoms with Gasteiger partial charge < -0.3 is 19.5 Å². The standard InChI is InChI=1S/C19H17F2NO6/c1-11(19(25)22-18-13(20)4-3-5-14(18)21)28-17(24)10-27-15-7-6-12(9-23)8-16(15)26-2/h3-9,11H,10H2,1-2H3,(H,22,25)/t11-/m0/s1. The third kappa shape index (κ3) is 5.26. The van der Waals surface area contributed by atoms with Crippen LogP contribution in [0.2, 0.25) is 0 Å². The molecule has 9 heteroatoms. The second kappa shape index (κ2) is 9.45. The van der Waals surface area contributed by atoms with Crippen molar-refractivity contribution in [3.05, 3.63) is 53.6 Å². The van der Waals surface area contributed by atoms with E-state index in [1.165, 1.54) is 32.2 Å². The maximum Gasteiger partial charge on any atom is 0.344 e. The first-order valence-corrected chi connectivity index (χ1v) is 8.06. The number of esters is 1. The summed E-state index contributed by atoms with van der Waals surface area (Å²) in [5.41, 5.74) is -0.274. The molecule has 0 unspecified atom stereocenters. The molecule has 0 saturated carbocycles. The van der Waals surface area contributed by atoms with Gasteiger partial charge >= 0.3 is 5.97 Å². The van der Waals surface area contributed by atoms with Gasteiger partial charge in [0.05, 0.1) is 7.11 Å². The van der Waals surface area contributed by atoms with Gasteiger partial charge in [-0.3, -0.25) is 9.59 Å². The molecule has 0 radical (unpaired) electrons. The van der Waals surface area contributed by atoms with Gasteiger partial charge in [-0.1, -0.05) is 6.07 Å². The van der Waals surface area contributed by atoms with Gasteiger partial charge in [0.15, 0.2) is 24.2 Å². The summed E-state index contributed by atoms with van der Waals surface area (Å²) in [4.78, 5) is 34.6. The third-order valence-electron chi connectivity index (χ3n) is 3.56. The van der Waals surface area contributed by atoms with E-state index in [1.54, 1.807) is 0 Å². The zero-order valence-corrected chi connectivity index (χ0v) is 15.0. The number of hydrogen-bond acceptors (Lipinski definition) is 6. The SMILES string of the molecule is COc1cc(C=O)ccc1OCC(=O)O[C@@H](C)C(=O)Nc1c(F)cccc1F. The van der Waals surface area contributed by atoms with Crippen molar-refractivity contribution in [1.29, 1.82) is 0 Å². The normalized spacial score (nSPS) is 11.3. The Morgan fingerprint density at radius 2 is 1.82 bits per heavy atom. The Morgan fingerprint density at radius 3 is 2.43 bits per heavy atom. The van der Waals surface area contributed by atoms with Gasteiger partial charge in [-0.2, -0.15) is 0 Å². The van der Waals surface area contributed by atoms with Gasteiger partial charge in [0.2, 0.25) is 0 Å². The van der Waals surface area contributed by atoms with Crippen LogP contribution in [0.4, 0.5) is 14.5 Å². The molecular formula is C19H17F2NO6. The van der Waals surface area contributed by atoms with Crippen LogP contribution >= 0.6 is 0 Å². The Kier molecular flexibility index (Phi) is 7.02. The monoisotopic (exact) mass is 393 g/mol. The Labute approximate surface area is 159 Å². The molecule has 1 N–H and O–H groups in total. The summed E-state index contributed by atoms with van der Waals surface area (Å²) in [6, 6.07) is 7.44. The van der Waals surface area contributed by atoms with E-state index >= 15 is 0 Å². The van der Waals surface area contributed by atoms with E-state index in [2.05, 4.69) is 0 Å². The molecule has 0 aliphatic carbocycles. The van der Waals surface area contributed by atoms with E-state index in [0.29, 0.717) is 11.8 Å². The van der Waals surface area contributed by atoms with Crippen molar-refractivity contribution < 1.29 is 37.4 Å². The molecule has 28 heavy (non-hydrogen) atoms. The van der Waals surface area contributed by atoms with Crippen LogP contribution in [0.15, 0.2) is 36.4 Å². The van der Waals surface area contributed by atoms with Crippen molar-refractivity contribution in [3.63, 3.8) is 0 Å². The predicted octanol–water partition coefficient (Wildman–Crippen LogP) is 2.74. The highest BCUT2D eigenvalue weighted by Crippen LogP contribution is 2.27. The molecule has 0 heterocycles. The number of benzene rings is 2. The van der Waals surface area contributed by atoms with Crippen LogP contribution in [0, 0.1) is 11.6 Å². The first kappa shape index (κ1) is 20.8. The van der Waals surface area contributed by atoms with E-state index < -0.39 is 41.9 Å². The highest BCUT2D eigenvalue weighted by atomic mass is 19.1. The van der Waals surface area contributed by atoms with Crippen molar-refractivity contribution in [2.75, 3.05) is 19.0 Å². The average molecular weight is 393 g/mol. The van der Waals surface area contributed by atoms with Crippen LogP contribution in [0.25, 0.3) is 0 Å². The van der Waals surface area contributed by atoms with Gasteiger partial charge in [0.25, 0.3) is 5.91 Å². The number of aldehydes is 1. The molecule has 0 saturated heterocycles. The van der Waals surface area contributed by atoms with Gasteiger partial charge in [0, 0.05) is 5.56 Å². The maximum atomic E-state index is 13.6. The first-order valence-electron chi connectivity index (χ1n) is 8.06. The number of hydrogen-bond donors (Lipinski definition) is 1. The molecule has 7 nitrogen and oxygen atoms in total. The molecular weight excluding hydrogens is 376 g/mol. The second-order valence-corrected chi connectivity index (χ2v) is 5.53. The minimum atomic E-state index is -1.32. The van der Waals surface area contributed by atoms with Crippen molar-refractivity contribution in [1.82, 2.24) is 0 Å². The van der Waals surface area contributed by atoms with Crippen LogP contribution in [0.1, 0.15) is 17.3 Å². The zero-order valence-electron chi connectivity index (χ0n) is 15.0. The largest absolute Gasteiger partial charge is 0.493 e. The highest BCUT2D eigenvalue weighted by molar-refractivity contribution is 5.95. The Hall–Kier alpha value is -3.49. The van der Waals surface area contributed by atoms with Gasteiger partial charge in [-0.05, 0) is 37.3 Å². The lowest BCUT2D eigenvalue weighted by atomic mass is 10.2. The lowest BCUT2D eigenvalue weighted by molar-refractivity contribution is -0.155. The van der Waals surface area contributed by atoms with E-state index in [1.807, 2.05) is 5.32 Å². The van der Waals surface area contributed by atoms with E-state index in [4.69, 9.17) is 14.2 Å². The average Bonchev–Trinajstić information content (AvgIpc) is 2.68. The lowest BCUT2D eigenvalue weighted by Crippen LogP contribution is -2.32. The van der Waals surface area contributed by atoms with Crippen LogP contribution in [-0.2, 0) is 14.3 Å². The summed E-state index contributed by atoms with van der Waals surface area (Å²) in [5, 5.41) is 2.03. The molecule has 0 aliphatic heterocycles. The summed E-state index contributed by atoms with van der Waals surface area (Å²) >= 11 is 0. The number of ether oxygens (including phenoxy) is 3. The molecule has 2 aromatic rings. The van der Waals surface area contributed by atoms with Crippen LogP contribution in [0.3, 0.4) is 0 Å². The number of anilines is 1. The summed E-state index contributed by atoms with van der Waals surface area (Å²) in [7, 11) is 1.36. The highest BCUT2D eigenvalue weighted by Gasteiger charge is 2.21. The number of halogens is 2. The van der Waals surface area contributed by atoms with Crippen LogP contribution < -0.4 is 14.8 Å². The van der Waals surface area contributed by atoms with Crippen molar-refractivity contribution in [2.24, 2.45) is 0 Å². The van der Waals surface area contributed by atoms with E-state index in [9.17, 15) is 23.2 Å². The predicted molar refractivity (Wildman–Crippen MR) is 94.4 cm³/mol. The summed E-state index contributed by atoms with van der Waals surface area (Å²) in [5.74, 6) is -3.29. The van der Waals surface area contributed by atoms with Crippen LogP contribution in [-0.4, -0.2) is 38.0 Å². The van der Waals surface area contributed by atoms with E-state index in [0.717, 1.165) is 18.2 Å². The number of carbonyl (C=O) groups excluding carboxylic acids is 3. The third-order valence-corrected chi connectivity index (χ3v) is 3.56. The van der Waals surface area contributed by atoms with Gasteiger partial charge in [0.1, 0.15) is 23.6 Å². The molecule has 0 aliphatic rings. The van der Waals surface area contributed by atoms with Crippen molar-refractivity contribution in [3.8, 4) is 11.5 Å². The minimum absolute atomic E-state index is 0.190. The molecule has 1 amide bonds. The zero-order chi connectivity index (χ0) is 20.7. The topological polar surface area (TPSA) is 90.9 Å². The minimum Gasteiger partial charge on any atom is -0.493 e. The number of carbonyl (C=O) groups is 3. The van der Waals surface area contributed by atoms with Gasteiger partial charge in [-0.15, -0.1) is 0 Å². The first-order chi connectivity index (χ1) is 13.3. The molecule has 1 atom stereocenters. The second-order valence-electron chi connectivity index (χ2n) is 5.53. The summed E-state index contributed by atoms with van der Waals surface area (Å²) in [6.07, 6.45) is -0.700. The number of para-hydroxylation sites is 1. The fourth-order valence-corrected chi connectivity index (χ4v) is 2.14. The molecule has 2 rings (SSSR count). The number of amides is 1. The molecule has 0 spiro atoms. The summed E-state index contributed by atoms with van der Waals surface area (Å²) in [6.45, 7) is 0.688. The Balaban J connectivity index is 1.92. The lowest BCUT2D eigenvalue weighted by Gasteiger charge is -2.15. The quantitative estimate of drug-likeness (QED) is 0.548. The van der Waals surface area contributed by atoms with E-state index in [-0.39, 0.29) is 11.5 Å². The molecule has 2 aromatic carbocycles. The van der Waals surface area contributed by atoms with Crippen LogP contribution in [0.5, 0.6) is 11.5 Å². The Bertz CT molecular complexity index is 866. The van der Waals surface area contributed by atoms with Crippen molar-refractivity contribution >= 4 is 23.9 Å². The molecule has 0 bridgehead atoms. The molecule has 148 valence electrons. The Morgan fingerprint density at radius 1 is 1.14 bits per heavy atom. The fraction of sp³-hybridized carbons (Fsp3) is 0.211. The molecule has 0 aromatic heterocycles. The number of methoxy groups -OCH3 is 1. The summed E-state index contributed by atoms with van der Waals surface area (Å²) < 4.78 is 42.3. The smallest absolute Gasteiger partial charge is 0.344 e. The van der Waals surface area contributed by atoms with Crippen molar-refractivity contribution in [2.45, 2.75) is 13.0 Å². The fourth-order valence-electron chi connectivity index (χ4n) is 2.14. The maximum absolute atomic E-state index is 13.6.